The van der Waals surface area contributed by atoms with Crippen LogP contribution in [0.1, 0.15) is 29.6 Å². The van der Waals surface area contributed by atoms with Crippen molar-refractivity contribution in [2.75, 3.05) is 0 Å². The van der Waals surface area contributed by atoms with E-state index in [0.717, 1.165) is 12.8 Å². The van der Waals surface area contributed by atoms with Gasteiger partial charge in [0.05, 0.1) is 5.92 Å². The molecule has 1 aromatic rings. The number of halogens is 2. The summed E-state index contributed by atoms with van der Waals surface area (Å²) in [5.41, 5.74) is 0.422. The van der Waals surface area contributed by atoms with Gasteiger partial charge < -0.3 is 10.0 Å². The molecule has 0 spiro atoms. The van der Waals surface area contributed by atoms with Crippen LogP contribution in [0.2, 0.25) is 10.0 Å². The molecule has 106 valence electrons. The number of fused-ring (bicyclic) bond motifs is 2. The summed E-state index contributed by atoms with van der Waals surface area (Å²) < 4.78 is 0. The Morgan fingerprint density at radius 1 is 1.15 bits per heavy atom. The van der Waals surface area contributed by atoms with E-state index in [1.54, 1.807) is 23.1 Å². The smallest absolute Gasteiger partial charge is 0.308 e. The molecule has 20 heavy (non-hydrogen) atoms. The highest BCUT2D eigenvalue weighted by molar-refractivity contribution is 6.35. The summed E-state index contributed by atoms with van der Waals surface area (Å²) in [6, 6.07) is 4.53. The van der Waals surface area contributed by atoms with E-state index in [-0.39, 0.29) is 18.0 Å². The number of nitrogens with zero attached hydrogens (tertiary/aromatic N) is 1. The van der Waals surface area contributed by atoms with Gasteiger partial charge in [0.1, 0.15) is 0 Å². The van der Waals surface area contributed by atoms with E-state index in [0.29, 0.717) is 22.0 Å². The monoisotopic (exact) mass is 313 g/mol. The predicted molar refractivity (Wildman–Crippen MR) is 75.2 cm³/mol. The molecule has 1 aromatic carbocycles. The first-order valence-electron chi connectivity index (χ1n) is 6.49. The molecule has 1 amide bonds. The topological polar surface area (TPSA) is 57.6 Å². The van der Waals surface area contributed by atoms with Crippen molar-refractivity contribution in [3.63, 3.8) is 0 Å². The van der Waals surface area contributed by atoms with Crippen molar-refractivity contribution in [1.82, 2.24) is 4.90 Å². The van der Waals surface area contributed by atoms with Gasteiger partial charge in [-0.2, -0.15) is 0 Å². The van der Waals surface area contributed by atoms with E-state index in [9.17, 15) is 14.7 Å². The summed E-state index contributed by atoms with van der Waals surface area (Å²) in [6.07, 6.45) is 2.16. The van der Waals surface area contributed by atoms with Crippen molar-refractivity contribution in [3.05, 3.63) is 33.8 Å². The van der Waals surface area contributed by atoms with Crippen LogP contribution >= 0.6 is 23.2 Å². The second-order valence-electron chi connectivity index (χ2n) is 5.35. The van der Waals surface area contributed by atoms with E-state index in [1.165, 1.54) is 0 Å². The highest BCUT2D eigenvalue weighted by Crippen LogP contribution is 2.42. The molecular formula is C14H13Cl2NO3. The molecule has 6 heteroatoms. The van der Waals surface area contributed by atoms with Crippen molar-refractivity contribution in [3.8, 4) is 0 Å². The van der Waals surface area contributed by atoms with Gasteiger partial charge in [-0.15, -0.1) is 0 Å². The Morgan fingerprint density at radius 2 is 1.80 bits per heavy atom. The number of benzene rings is 1. The SMILES string of the molecule is O=C(O)C1CC2CCC1N2C(=O)c1cc(Cl)cc(Cl)c1. The van der Waals surface area contributed by atoms with Crippen molar-refractivity contribution in [1.29, 1.82) is 0 Å². The van der Waals surface area contributed by atoms with Gasteiger partial charge in [0.2, 0.25) is 0 Å². The Labute approximate surface area is 126 Å². The molecule has 2 aliphatic heterocycles. The first-order chi connectivity index (χ1) is 9.47. The Morgan fingerprint density at radius 3 is 2.35 bits per heavy atom. The summed E-state index contributed by atoms with van der Waals surface area (Å²) >= 11 is 11.8. The summed E-state index contributed by atoms with van der Waals surface area (Å²) in [6.45, 7) is 0. The number of hydrogen-bond acceptors (Lipinski definition) is 2. The van der Waals surface area contributed by atoms with Crippen LogP contribution in [0.5, 0.6) is 0 Å². The number of amides is 1. The standard InChI is InChI=1S/C14H13Cl2NO3/c15-8-3-7(4-9(16)5-8)13(18)17-10-1-2-12(17)11(6-10)14(19)20/h3-5,10-12H,1-2,6H2,(H,19,20). The number of rotatable bonds is 2. The highest BCUT2D eigenvalue weighted by atomic mass is 35.5. The van der Waals surface area contributed by atoms with Gasteiger partial charge in [-0.05, 0) is 37.5 Å². The van der Waals surface area contributed by atoms with E-state index in [4.69, 9.17) is 23.2 Å². The average molecular weight is 314 g/mol. The van der Waals surface area contributed by atoms with Crippen molar-refractivity contribution >= 4 is 35.1 Å². The molecule has 0 aliphatic carbocycles. The van der Waals surface area contributed by atoms with Gasteiger partial charge in [-0.1, -0.05) is 23.2 Å². The fourth-order valence-electron chi connectivity index (χ4n) is 3.40. The lowest BCUT2D eigenvalue weighted by Crippen LogP contribution is -2.37. The fourth-order valence-corrected chi connectivity index (χ4v) is 3.92. The number of carboxylic acid groups (broad SMARTS) is 1. The van der Waals surface area contributed by atoms with Crippen LogP contribution < -0.4 is 0 Å². The number of aliphatic carboxylic acids is 1. The van der Waals surface area contributed by atoms with Crippen molar-refractivity contribution in [2.24, 2.45) is 5.92 Å². The van der Waals surface area contributed by atoms with Gasteiger partial charge >= 0.3 is 5.97 Å². The zero-order valence-corrected chi connectivity index (χ0v) is 12.1. The molecule has 1 N–H and O–H groups in total. The summed E-state index contributed by atoms with van der Waals surface area (Å²) in [4.78, 5) is 25.5. The molecule has 0 radical (unpaired) electrons. The third-order valence-corrected chi connectivity index (χ3v) is 4.63. The molecule has 2 saturated heterocycles. The van der Waals surface area contributed by atoms with E-state index in [2.05, 4.69) is 0 Å². The van der Waals surface area contributed by atoms with Crippen LogP contribution in [-0.2, 0) is 4.79 Å². The third kappa shape index (κ3) is 2.17. The molecular weight excluding hydrogens is 301 g/mol. The van der Waals surface area contributed by atoms with Gasteiger partial charge in [0.15, 0.2) is 0 Å². The number of hydrogen-bond donors (Lipinski definition) is 1. The normalized spacial score (nSPS) is 27.9. The molecule has 2 aliphatic rings. The number of carboxylic acids is 1. The van der Waals surface area contributed by atoms with Crippen LogP contribution in [0, 0.1) is 5.92 Å². The largest absolute Gasteiger partial charge is 0.481 e. The summed E-state index contributed by atoms with van der Waals surface area (Å²) in [7, 11) is 0. The maximum Gasteiger partial charge on any atom is 0.308 e. The van der Waals surface area contributed by atoms with Crippen LogP contribution in [0.4, 0.5) is 0 Å². The quantitative estimate of drug-likeness (QED) is 0.912. The van der Waals surface area contributed by atoms with Gasteiger partial charge in [-0.25, -0.2) is 0 Å². The minimum Gasteiger partial charge on any atom is -0.481 e. The number of carbonyl (C=O) groups excluding carboxylic acids is 1. The third-order valence-electron chi connectivity index (χ3n) is 4.20. The highest BCUT2D eigenvalue weighted by Gasteiger charge is 2.51. The molecule has 2 heterocycles. The van der Waals surface area contributed by atoms with E-state index in [1.807, 2.05) is 0 Å². The van der Waals surface area contributed by atoms with Crippen LogP contribution in [-0.4, -0.2) is 34.0 Å². The maximum atomic E-state index is 12.6. The zero-order chi connectivity index (χ0) is 14.4. The molecule has 4 nitrogen and oxygen atoms in total. The molecule has 2 bridgehead atoms. The predicted octanol–water partition coefficient (Wildman–Crippen LogP) is 3.07. The molecule has 2 fully saturated rings. The second kappa shape index (κ2) is 4.93. The maximum absolute atomic E-state index is 12.6. The molecule has 0 aromatic heterocycles. The summed E-state index contributed by atoms with van der Waals surface area (Å²) in [5.74, 6) is -1.45. The molecule has 3 unspecified atom stereocenters. The lowest BCUT2D eigenvalue weighted by atomic mass is 9.89. The fraction of sp³-hybridized carbons (Fsp3) is 0.429. The van der Waals surface area contributed by atoms with Crippen molar-refractivity contribution in [2.45, 2.75) is 31.3 Å². The van der Waals surface area contributed by atoms with Crippen LogP contribution in [0.3, 0.4) is 0 Å². The zero-order valence-electron chi connectivity index (χ0n) is 10.6. The minimum atomic E-state index is -0.820. The van der Waals surface area contributed by atoms with Crippen LogP contribution in [0.15, 0.2) is 18.2 Å². The molecule has 3 rings (SSSR count). The van der Waals surface area contributed by atoms with E-state index < -0.39 is 11.9 Å². The Hall–Kier alpha value is -1.26. The summed E-state index contributed by atoms with van der Waals surface area (Å²) in [5, 5.41) is 10.0. The van der Waals surface area contributed by atoms with Gasteiger partial charge in [-0.3, -0.25) is 9.59 Å². The minimum absolute atomic E-state index is 0.0198. The Kier molecular flexibility index (Phi) is 3.38. The molecule has 3 atom stereocenters. The second-order valence-corrected chi connectivity index (χ2v) is 6.22. The lowest BCUT2D eigenvalue weighted by molar-refractivity contribution is -0.142. The molecule has 0 saturated carbocycles. The van der Waals surface area contributed by atoms with Gasteiger partial charge in [0.25, 0.3) is 5.91 Å². The average Bonchev–Trinajstić information content (AvgIpc) is 2.94. The van der Waals surface area contributed by atoms with Gasteiger partial charge in [0, 0.05) is 27.7 Å². The first kappa shape index (κ1) is 13.7. The van der Waals surface area contributed by atoms with E-state index >= 15 is 0 Å². The lowest BCUT2D eigenvalue weighted by Gasteiger charge is -2.23. The van der Waals surface area contributed by atoms with Crippen LogP contribution in [0.25, 0.3) is 0 Å². The Bertz CT molecular complexity index is 570. The van der Waals surface area contributed by atoms with Crippen molar-refractivity contribution < 1.29 is 14.7 Å². The number of carbonyl (C=O) groups is 2. The Balaban J connectivity index is 1.90. The first-order valence-corrected chi connectivity index (χ1v) is 7.24.